The standard InChI is InChI=1S/C29H35F3N2O/c30-29(31,32)25-11-6-10-24(19-25)21-15-17-33(18-16-21)20-26-14-13-22-7-4-5-12-27(22)34(26)28(35)23-8-2-1-3-9-23/h4-7,10-12,19,21,23,26H,1-3,8-9,13-18,20H2. The van der Waals surface area contributed by atoms with Crippen molar-refractivity contribution in [2.24, 2.45) is 5.92 Å². The van der Waals surface area contributed by atoms with Crippen LogP contribution in [-0.2, 0) is 17.4 Å². The molecule has 1 amide bonds. The molecule has 2 heterocycles. The number of anilines is 1. The van der Waals surface area contributed by atoms with E-state index in [4.69, 9.17) is 0 Å². The van der Waals surface area contributed by atoms with Crippen LogP contribution in [0, 0.1) is 5.92 Å². The molecule has 2 aromatic carbocycles. The Labute approximate surface area is 206 Å². The fourth-order valence-corrected chi connectivity index (χ4v) is 6.34. The van der Waals surface area contributed by atoms with Gasteiger partial charge in [-0.05, 0) is 80.8 Å². The van der Waals surface area contributed by atoms with Gasteiger partial charge in [0.15, 0.2) is 0 Å². The third-order valence-corrected chi connectivity index (χ3v) is 8.30. The van der Waals surface area contributed by atoms with Crippen LogP contribution in [0.5, 0.6) is 0 Å². The minimum Gasteiger partial charge on any atom is -0.308 e. The molecule has 6 heteroatoms. The number of alkyl halides is 3. The molecule has 0 spiro atoms. The van der Waals surface area contributed by atoms with Crippen LogP contribution in [0.4, 0.5) is 18.9 Å². The third kappa shape index (κ3) is 5.42. The minimum atomic E-state index is -4.30. The van der Waals surface area contributed by atoms with Gasteiger partial charge in [0.05, 0.1) is 5.56 Å². The maximum atomic E-state index is 13.7. The lowest BCUT2D eigenvalue weighted by Crippen LogP contribution is -2.52. The van der Waals surface area contributed by atoms with Crippen molar-refractivity contribution < 1.29 is 18.0 Å². The lowest BCUT2D eigenvalue weighted by Gasteiger charge is -2.43. The second-order valence-electron chi connectivity index (χ2n) is 10.6. The van der Waals surface area contributed by atoms with Crippen molar-refractivity contribution in [1.29, 1.82) is 0 Å². The van der Waals surface area contributed by atoms with Crippen LogP contribution in [-0.4, -0.2) is 36.5 Å². The number of halogens is 3. The Bertz CT molecular complexity index is 1020. The minimum absolute atomic E-state index is 0.129. The summed E-state index contributed by atoms with van der Waals surface area (Å²) in [5.41, 5.74) is 2.57. The number of carbonyl (C=O) groups excluding carboxylic acids is 1. The Hall–Kier alpha value is -2.34. The SMILES string of the molecule is O=C(C1CCCCC1)N1c2ccccc2CCC1CN1CCC(c2cccc(C(F)(F)F)c2)CC1. The van der Waals surface area contributed by atoms with Crippen molar-refractivity contribution >= 4 is 11.6 Å². The number of aryl methyl sites for hydroxylation is 1. The Morgan fingerprint density at radius 2 is 1.63 bits per heavy atom. The molecule has 35 heavy (non-hydrogen) atoms. The van der Waals surface area contributed by atoms with Crippen LogP contribution in [0.1, 0.15) is 74.0 Å². The molecule has 1 aliphatic carbocycles. The molecule has 0 radical (unpaired) electrons. The van der Waals surface area contributed by atoms with Gasteiger partial charge in [-0.15, -0.1) is 0 Å². The molecule has 3 nitrogen and oxygen atoms in total. The summed E-state index contributed by atoms with van der Waals surface area (Å²) < 4.78 is 39.5. The number of piperidine rings is 1. The number of para-hydroxylation sites is 1. The number of carbonyl (C=O) groups is 1. The molecular formula is C29H35F3N2O. The number of benzene rings is 2. The van der Waals surface area contributed by atoms with E-state index >= 15 is 0 Å². The van der Waals surface area contributed by atoms with E-state index in [1.165, 1.54) is 24.1 Å². The van der Waals surface area contributed by atoms with Gasteiger partial charge in [-0.3, -0.25) is 4.79 Å². The lowest BCUT2D eigenvalue weighted by atomic mass is 9.85. The van der Waals surface area contributed by atoms with Gasteiger partial charge in [-0.1, -0.05) is 55.7 Å². The van der Waals surface area contributed by atoms with Gasteiger partial charge < -0.3 is 9.80 Å². The van der Waals surface area contributed by atoms with Crippen LogP contribution in [0.25, 0.3) is 0 Å². The van der Waals surface area contributed by atoms with E-state index in [0.717, 1.165) is 88.3 Å². The van der Waals surface area contributed by atoms with Gasteiger partial charge in [-0.2, -0.15) is 13.2 Å². The Morgan fingerprint density at radius 1 is 0.886 bits per heavy atom. The molecule has 2 aromatic rings. The maximum Gasteiger partial charge on any atom is 0.416 e. The Morgan fingerprint density at radius 3 is 2.37 bits per heavy atom. The van der Waals surface area contributed by atoms with E-state index in [-0.39, 0.29) is 17.9 Å². The highest BCUT2D eigenvalue weighted by Crippen LogP contribution is 2.37. The molecular weight excluding hydrogens is 449 g/mol. The zero-order valence-corrected chi connectivity index (χ0v) is 20.3. The number of hydrogen-bond donors (Lipinski definition) is 0. The van der Waals surface area contributed by atoms with E-state index in [2.05, 4.69) is 28.0 Å². The van der Waals surface area contributed by atoms with E-state index in [1.54, 1.807) is 0 Å². The first-order valence-corrected chi connectivity index (χ1v) is 13.2. The highest BCUT2D eigenvalue weighted by molar-refractivity contribution is 5.97. The van der Waals surface area contributed by atoms with Gasteiger partial charge in [0.1, 0.15) is 0 Å². The highest BCUT2D eigenvalue weighted by Gasteiger charge is 2.37. The molecule has 1 unspecified atom stereocenters. The van der Waals surface area contributed by atoms with E-state index < -0.39 is 11.7 Å². The molecule has 0 bridgehead atoms. The van der Waals surface area contributed by atoms with Crippen molar-refractivity contribution in [2.75, 3.05) is 24.5 Å². The van der Waals surface area contributed by atoms with Crippen LogP contribution in [0.15, 0.2) is 48.5 Å². The summed E-state index contributed by atoms with van der Waals surface area (Å²) in [7, 11) is 0. The molecule has 1 saturated heterocycles. The number of hydrogen-bond acceptors (Lipinski definition) is 2. The molecule has 2 aliphatic heterocycles. The van der Waals surface area contributed by atoms with Crippen molar-refractivity contribution in [1.82, 2.24) is 4.90 Å². The number of fused-ring (bicyclic) bond motifs is 1. The van der Waals surface area contributed by atoms with Crippen molar-refractivity contribution in [2.45, 2.75) is 75.9 Å². The largest absolute Gasteiger partial charge is 0.416 e. The molecule has 0 N–H and O–H groups in total. The first-order chi connectivity index (χ1) is 16.9. The monoisotopic (exact) mass is 484 g/mol. The molecule has 188 valence electrons. The van der Waals surface area contributed by atoms with Gasteiger partial charge >= 0.3 is 6.18 Å². The third-order valence-electron chi connectivity index (χ3n) is 8.30. The second-order valence-corrected chi connectivity index (χ2v) is 10.6. The first kappa shape index (κ1) is 24.4. The molecule has 5 rings (SSSR count). The summed E-state index contributed by atoms with van der Waals surface area (Å²) >= 11 is 0. The van der Waals surface area contributed by atoms with Gasteiger partial charge in [0, 0.05) is 24.2 Å². The summed E-state index contributed by atoms with van der Waals surface area (Å²) in [5, 5.41) is 0. The first-order valence-electron chi connectivity index (χ1n) is 13.2. The lowest BCUT2D eigenvalue weighted by molar-refractivity contribution is -0.137. The van der Waals surface area contributed by atoms with Crippen LogP contribution in [0.3, 0.4) is 0 Å². The van der Waals surface area contributed by atoms with Crippen molar-refractivity contribution in [3.8, 4) is 0 Å². The fourth-order valence-electron chi connectivity index (χ4n) is 6.34. The van der Waals surface area contributed by atoms with Crippen LogP contribution < -0.4 is 4.90 Å². The number of likely N-dealkylation sites (tertiary alicyclic amines) is 1. The van der Waals surface area contributed by atoms with Gasteiger partial charge in [0.25, 0.3) is 0 Å². The zero-order valence-electron chi connectivity index (χ0n) is 20.3. The average Bonchev–Trinajstić information content (AvgIpc) is 2.89. The summed E-state index contributed by atoms with van der Waals surface area (Å²) in [6, 6.07) is 14.3. The second kappa shape index (κ2) is 10.3. The smallest absolute Gasteiger partial charge is 0.308 e. The van der Waals surface area contributed by atoms with Crippen molar-refractivity contribution in [3.05, 3.63) is 65.2 Å². The predicted molar refractivity (Wildman–Crippen MR) is 132 cm³/mol. The van der Waals surface area contributed by atoms with Gasteiger partial charge in [0.2, 0.25) is 5.91 Å². The molecule has 1 saturated carbocycles. The summed E-state index contributed by atoms with van der Waals surface area (Å²) in [6.07, 6.45) is 4.83. The average molecular weight is 485 g/mol. The van der Waals surface area contributed by atoms with Gasteiger partial charge in [-0.25, -0.2) is 0 Å². The maximum absolute atomic E-state index is 13.7. The Balaban J connectivity index is 1.27. The number of amides is 1. The summed E-state index contributed by atoms with van der Waals surface area (Å²) in [5.74, 6) is 0.574. The summed E-state index contributed by atoms with van der Waals surface area (Å²) in [6.45, 7) is 2.54. The zero-order chi connectivity index (χ0) is 24.4. The predicted octanol–water partition coefficient (Wildman–Crippen LogP) is 6.81. The van der Waals surface area contributed by atoms with E-state index in [9.17, 15) is 18.0 Å². The molecule has 0 aromatic heterocycles. The van der Waals surface area contributed by atoms with Crippen LogP contribution in [0.2, 0.25) is 0 Å². The van der Waals surface area contributed by atoms with E-state index in [1.807, 2.05) is 12.1 Å². The topological polar surface area (TPSA) is 23.6 Å². The normalized spacial score (nSPS) is 22.7. The molecule has 2 fully saturated rings. The van der Waals surface area contributed by atoms with Crippen LogP contribution >= 0.6 is 0 Å². The highest BCUT2D eigenvalue weighted by atomic mass is 19.4. The van der Waals surface area contributed by atoms with Crippen molar-refractivity contribution in [3.63, 3.8) is 0 Å². The molecule has 1 atom stereocenters. The summed E-state index contributed by atoms with van der Waals surface area (Å²) in [4.78, 5) is 18.3. The number of nitrogens with zero attached hydrogens (tertiary/aromatic N) is 2. The quantitative estimate of drug-likeness (QED) is 0.476. The van der Waals surface area contributed by atoms with E-state index in [0.29, 0.717) is 5.91 Å². The fraction of sp³-hybridized carbons (Fsp3) is 0.552. The molecule has 3 aliphatic rings. The number of rotatable bonds is 4. The Kier molecular flexibility index (Phi) is 7.19.